The van der Waals surface area contributed by atoms with Crippen LogP contribution in [0.25, 0.3) is 0 Å². The van der Waals surface area contributed by atoms with E-state index in [2.05, 4.69) is 15.4 Å². The largest absolute Gasteiger partial charge is 0.466 e. The van der Waals surface area contributed by atoms with E-state index in [1.807, 2.05) is 45.0 Å². The fourth-order valence-corrected chi connectivity index (χ4v) is 2.41. The van der Waals surface area contributed by atoms with E-state index >= 15 is 0 Å². The van der Waals surface area contributed by atoms with Gasteiger partial charge in [-0.25, -0.2) is 14.7 Å². The van der Waals surface area contributed by atoms with Gasteiger partial charge in [-0.3, -0.25) is 10.0 Å². The molecule has 2 amide bonds. The molecule has 9 nitrogen and oxygen atoms in total. The maximum atomic E-state index is 11.7. The first kappa shape index (κ1) is 26.1. The number of carbonyl (C=O) groups excluding carboxylic acids is 3. The minimum Gasteiger partial charge on any atom is -0.466 e. The van der Waals surface area contributed by atoms with Gasteiger partial charge in [0.1, 0.15) is 5.60 Å². The van der Waals surface area contributed by atoms with Gasteiger partial charge in [0.2, 0.25) is 0 Å². The van der Waals surface area contributed by atoms with Gasteiger partial charge in [0.05, 0.1) is 7.11 Å². The molecule has 3 N–H and O–H groups in total. The lowest BCUT2D eigenvalue weighted by molar-refractivity contribution is -0.159. The lowest BCUT2D eigenvalue weighted by atomic mass is 10.1. The van der Waals surface area contributed by atoms with Gasteiger partial charge in [-0.15, -0.1) is 0 Å². The zero-order valence-corrected chi connectivity index (χ0v) is 18.6. The predicted molar refractivity (Wildman–Crippen MR) is 115 cm³/mol. The van der Waals surface area contributed by atoms with Gasteiger partial charge in [0.15, 0.2) is 0 Å². The molecular formula is C22H33N3O6. The molecule has 0 aliphatic carbocycles. The van der Waals surface area contributed by atoms with Crippen molar-refractivity contribution in [2.75, 3.05) is 20.2 Å². The number of nitrogens with zero attached hydrogens (tertiary/aromatic N) is 1. The molecule has 172 valence electrons. The summed E-state index contributed by atoms with van der Waals surface area (Å²) in [4.78, 5) is 34.2. The Morgan fingerprint density at radius 1 is 1.03 bits per heavy atom. The van der Waals surface area contributed by atoms with E-state index < -0.39 is 23.6 Å². The van der Waals surface area contributed by atoms with E-state index in [1.54, 1.807) is 0 Å². The highest BCUT2D eigenvalue weighted by atomic mass is 16.6. The van der Waals surface area contributed by atoms with Crippen molar-refractivity contribution in [1.29, 1.82) is 0 Å². The Balaban J connectivity index is 2.20. The van der Waals surface area contributed by atoms with Gasteiger partial charge in [-0.05, 0) is 51.3 Å². The molecule has 1 aromatic rings. The third kappa shape index (κ3) is 12.4. The summed E-state index contributed by atoms with van der Waals surface area (Å²) in [6.07, 6.45) is 2.86. The third-order valence-electron chi connectivity index (χ3n) is 3.98. The number of hydrogen-bond acceptors (Lipinski definition) is 7. The van der Waals surface area contributed by atoms with Crippen molar-refractivity contribution in [3.63, 3.8) is 0 Å². The molecule has 0 atom stereocenters. The topological polar surface area (TPSA) is 117 Å². The maximum Gasteiger partial charge on any atom is 0.407 e. The number of amides is 2. The Morgan fingerprint density at radius 2 is 1.65 bits per heavy atom. The van der Waals surface area contributed by atoms with Crippen LogP contribution in [0.3, 0.4) is 0 Å². The first-order valence-corrected chi connectivity index (χ1v) is 10.1. The number of ether oxygens (including phenoxy) is 2. The number of alkyl carbamates (subject to hydrolysis) is 1. The van der Waals surface area contributed by atoms with Crippen LogP contribution in [0.1, 0.15) is 44.7 Å². The Bertz CT molecular complexity index is 741. The Hall–Kier alpha value is -2.91. The van der Waals surface area contributed by atoms with Gasteiger partial charge in [0, 0.05) is 31.8 Å². The van der Waals surface area contributed by atoms with Crippen LogP contribution in [0.15, 0.2) is 36.4 Å². The molecule has 9 heteroatoms. The second-order valence-electron chi connectivity index (χ2n) is 7.87. The number of nitrogens with one attached hydrogen (secondary N) is 2. The van der Waals surface area contributed by atoms with Crippen molar-refractivity contribution in [2.24, 2.45) is 0 Å². The molecule has 0 aromatic heterocycles. The highest BCUT2D eigenvalue weighted by Crippen LogP contribution is 2.08. The molecule has 0 aliphatic rings. The second-order valence-corrected chi connectivity index (χ2v) is 7.87. The summed E-state index contributed by atoms with van der Waals surface area (Å²) in [7, 11) is 1.21. The Kier molecular flexibility index (Phi) is 11.3. The number of benzene rings is 1. The van der Waals surface area contributed by atoms with E-state index in [1.165, 1.54) is 7.11 Å². The average molecular weight is 436 g/mol. The monoisotopic (exact) mass is 435 g/mol. The minimum atomic E-state index is -0.667. The Labute approximate surface area is 183 Å². The highest BCUT2D eigenvalue weighted by molar-refractivity contribution is 5.93. The lowest BCUT2D eigenvalue weighted by Crippen LogP contribution is -2.32. The van der Waals surface area contributed by atoms with Crippen LogP contribution in [0, 0.1) is 0 Å². The molecule has 0 fully saturated rings. The molecule has 0 aliphatic heterocycles. The normalized spacial score (nSPS) is 11.3. The molecule has 0 saturated carbocycles. The van der Waals surface area contributed by atoms with Crippen molar-refractivity contribution >= 4 is 18.0 Å². The van der Waals surface area contributed by atoms with Gasteiger partial charge in [0.25, 0.3) is 5.91 Å². The van der Waals surface area contributed by atoms with Gasteiger partial charge >= 0.3 is 12.1 Å². The summed E-state index contributed by atoms with van der Waals surface area (Å²) in [5, 5.41) is 16.2. The van der Waals surface area contributed by atoms with E-state index in [0.717, 1.165) is 36.2 Å². The van der Waals surface area contributed by atoms with Gasteiger partial charge in [-0.1, -0.05) is 24.3 Å². The van der Waals surface area contributed by atoms with Crippen molar-refractivity contribution in [1.82, 2.24) is 15.7 Å². The molecule has 1 rings (SSSR count). The SMILES string of the molecule is COC(=O)/C=C/C(=O)N(O)CCCCNCc1ccc(CNC(=O)OC(C)(C)C)cc1. The highest BCUT2D eigenvalue weighted by Gasteiger charge is 2.15. The van der Waals surface area contributed by atoms with E-state index in [4.69, 9.17) is 4.74 Å². The number of unbranched alkanes of at least 4 members (excludes halogenated alkanes) is 1. The van der Waals surface area contributed by atoms with E-state index in [9.17, 15) is 19.6 Å². The number of esters is 1. The fourth-order valence-electron chi connectivity index (χ4n) is 2.41. The quantitative estimate of drug-likeness (QED) is 0.161. The molecule has 0 unspecified atom stereocenters. The van der Waals surface area contributed by atoms with Crippen molar-refractivity contribution in [2.45, 2.75) is 52.3 Å². The van der Waals surface area contributed by atoms with Crippen LogP contribution in [-0.2, 0) is 32.2 Å². The molecule has 0 saturated heterocycles. The van der Waals surface area contributed by atoms with Crippen molar-refractivity contribution in [3.8, 4) is 0 Å². The molecule has 31 heavy (non-hydrogen) atoms. The van der Waals surface area contributed by atoms with Crippen molar-refractivity contribution in [3.05, 3.63) is 47.5 Å². The second kappa shape index (κ2) is 13.4. The maximum absolute atomic E-state index is 11.7. The van der Waals surface area contributed by atoms with Crippen molar-refractivity contribution < 1.29 is 29.1 Å². The molecular weight excluding hydrogens is 402 g/mol. The number of methoxy groups -OCH3 is 1. The predicted octanol–water partition coefficient (Wildman–Crippen LogP) is 2.53. The Morgan fingerprint density at radius 3 is 2.23 bits per heavy atom. The zero-order chi connectivity index (χ0) is 23.3. The summed E-state index contributed by atoms with van der Waals surface area (Å²) in [5.41, 5.74) is 1.56. The van der Waals surface area contributed by atoms with E-state index in [-0.39, 0.29) is 6.54 Å². The van der Waals surface area contributed by atoms with Crippen LogP contribution in [0.2, 0.25) is 0 Å². The van der Waals surface area contributed by atoms with Crippen LogP contribution >= 0.6 is 0 Å². The standard InChI is InChI=1S/C22H33N3O6/c1-22(2,3)31-21(28)24-16-18-9-7-17(8-10-18)15-23-13-5-6-14-25(29)19(26)11-12-20(27)30-4/h7-12,23,29H,5-6,13-16H2,1-4H3,(H,24,28)/b12-11+. The fraction of sp³-hybridized carbons (Fsp3) is 0.500. The summed E-state index contributed by atoms with van der Waals surface area (Å²) < 4.78 is 9.58. The third-order valence-corrected chi connectivity index (χ3v) is 3.98. The lowest BCUT2D eigenvalue weighted by Gasteiger charge is -2.19. The van der Waals surface area contributed by atoms with Gasteiger partial charge in [-0.2, -0.15) is 0 Å². The summed E-state index contributed by atoms with van der Waals surface area (Å²) >= 11 is 0. The van der Waals surface area contributed by atoms with Crippen LogP contribution in [-0.4, -0.2) is 54.0 Å². The van der Waals surface area contributed by atoms with Gasteiger partial charge < -0.3 is 20.1 Å². The molecule has 0 heterocycles. The summed E-state index contributed by atoms with van der Waals surface area (Å²) in [5.74, 6) is -1.32. The van der Waals surface area contributed by atoms with Crippen LogP contribution < -0.4 is 10.6 Å². The first-order chi connectivity index (χ1) is 14.6. The minimum absolute atomic E-state index is 0.172. The zero-order valence-electron chi connectivity index (χ0n) is 18.6. The first-order valence-electron chi connectivity index (χ1n) is 10.1. The smallest absolute Gasteiger partial charge is 0.407 e. The average Bonchev–Trinajstić information content (AvgIpc) is 2.72. The van der Waals surface area contributed by atoms with Crippen LogP contribution in [0.5, 0.6) is 0 Å². The summed E-state index contributed by atoms with van der Waals surface area (Å²) in [6.45, 7) is 7.43. The molecule has 1 aromatic carbocycles. The van der Waals surface area contributed by atoms with E-state index in [0.29, 0.717) is 24.6 Å². The number of hydrogen-bond donors (Lipinski definition) is 3. The summed E-state index contributed by atoms with van der Waals surface area (Å²) in [6, 6.07) is 7.87. The number of rotatable bonds is 11. The number of hydroxylamine groups is 2. The molecule has 0 spiro atoms. The molecule has 0 bridgehead atoms. The number of carbonyl (C=O) groups is 3. The van der Waals surface area contributed by atoms with Crippen LogP contribution in [0.4, 0.5) is 4.79 Å². The molecule has 0 radical (unpaired) electrons.